The van der Waals surface area contributed by atoms with Gasteiger partial charge in [-0.2, -0.15) is 0 Å². The normalized spacial score (nSPS) is 16.1. The van der Waals surface area contributed by atoms with E-state index in [9.17, 15) is 0 Å². The van der Waals surface area contributed by atoms with Gasteiger partial charge in [0.1, 0.15) is 0 Å². The summed E-state index contributed by atoms with van der Waals surface area (Å²) >= 11 is 0. The first-order valence-electron chi connectivity index (χ1n) is 6.28. The Morgan fingerprint density at radius 3 is 1.75 bits per heavy atom. The van der Waals surface area contributed by atoms with E-state index in [-0.39, 0.29) is 5.41 Å². The SMILES string of the molecule is C=C(C)CC(/C=C(\C)C(C)(C)C)C(C)(C)C. The van der Waals surface area contributed by atoms with Gasteiger partial charge in [0.05, 0.1) is 0 Å². The summed E-state index contributed by atoms with van der Waals surface area (Å²) in [5.74, 6) is 0.587. The highest BCUT2D eigenvalue weighted by molar-refractivity contribution is 5.13. The molecule has 0 aliphatic carbocycles. The molecule has 0 amide bonds. The number of allylic oxidation sites excluding steroid dienone is 3. The molecule has 0 saturated carbocycles. The van der Waals surface area contributed by atoms with Crippen LogP contribution in [-0.2, 0) is 0 Å². The van der Waals surface area contributed by atoms with E-state index >= 15 is 0 Å². The van der Waals surface area contributed by atoms with Crippen molar-refractivity contribution < 1.29 is 0 Å². The first kappa shape index (κ1) is 15.5. The highest BCUT2D eigenvalue weighted by Crippen LogP contribution is 2.35. The van der Waals surface area contributed by atoms with Gasteiger partial charge in [-0.15, -0.1) is 6.58 Å². The van der Waals surface area contributed by atoms with Crippen LogP contribution >= 0.6 is 0 Å². The lowest BCUT2D eigenvalue weighted by molar-refractivity contribution is 0.287. The molecule has 0 N–H and O–H groups in total. The molecular formula is C16H30. The molecule has 0 heteroatoms. The lowest BCUT2D eigenvalue weighted by Gasteiger charge is -2.31. The zero-order chi connectivity index (χ0) is 13.1. The summed E-state index contributed by atoms with van der Waals surface area (Å²) in [6.07, 6.45) is 3.55. The van der Waals surface area contributed by atoms with Gasteiger partial charge in [0.2, 0.25) is 0 Å². The van der Waals surface area contributed by atoms with Crippen molar-refractivity contribution in [1.29, 1.82) is 0 Å². The van der Waals surface area contributed by atoms with Crippen molar-refractivity contribution in [3.63, 3.8) is 0 Å². The molecule has 0 aliphatic heterocycles. The second-order valence-electron chi connectivity index (χ2n) is 7.23. The molecule has 0 bridgehead atoms. The summed E-state index contributed by atoms with van der Waals surface area (Å²) in [5, 5.41) is 0. The Kier molecular flexibility index (Phi) is 5.04. The first-order chi connectivity index (χ1) is 6.94. The second kappa shape index (κ2) is 5.21. The lowest BCUT2D eigenvalue weighted by Crippen LogP contribution is -2.20. The van der Waals surface area contributed by atoms with Crippen LogP contribution in [-0.4, -0.2) is 0 Å². The largest absolute Gasteiger partial charge is 0.100 e. The average molecular weight is 222 g/mol. The van der Waals surface area contributed by atoms with Gasteiger partial charge in [-0.25, -0.2) is 0 Å². The van der Waals surface area contributed by atoms with E-state index in [2.05, 4.69) is 68.0 Å². The smallest absolute Gasteiger partial charge is 0.0145 e. The Labute approximate surface area is 103 Å². The molecule has 0 radical (unpaired) electrons. The maximum atomic E-state index is 4.05. The van der Waals surface area contributed by atoms with Crippen molar-refractivity contribution in [2.45, 2.75) is 61.8 Å². The van der Waals surface area contributed by atoms with Crippen LogP contribution in [0.1, 0.15) is 61.8 Å². The number of hydrogen-bond acceptors (Lipinski definition) is 0. The molecule has 0 spiro atoms. The van der Waals surface area contributed by atoms with Gasteiger partial charge in [0.25, 0.3) is 0 Å². The fourth-order valence-electron chi connectivity index (χ4n) is 1.54. The van der Waals surface area contributed by atoms with E-state index < -0.39 is 0 Å². The standard InChI is InChI=1S/C16H30/c1-12(2)10-14(16(7,8)9)11-13(3)15(4,5)6/h11,14H,1,10H2,2-9H3/b13-11+. The summed E-state index contributed by atoms with van der Waals surface area (Å²) in [5.41, 5.74) is 3.34. The predicted molar refractivity (Wildman–Crippen MR) is 75.6 cm³/mol. The van der Waals surface area contributed by atoms with Crippen molar-refractivity contribution in [1.82, 2.24) is 0 Å². The molecule has 0 aromatic heterocycles. The maximum Gasteiger partial charge on any atom is -0.0145 e. The third-order valence-electron chi connectivity index (χ3n) is 3.31. The number of hydrogen-bond donors (Lipinski definition) is 0. The van der Waals surface area contributed by atoms with E-state index in [4.69, 9.17) is 0 Å². The van der Waals surface area contributed by atoms with Crippen LogP contribution < -0.4 is 0 Å². The minimum Gasteiger partial charge on any atom is -0.100 e. The van der Waals surface area contributed by atoms with E-state index in [0.717, 1.165) is 6.42 Å². The van der Waals surface area contributed by atoms with Gasteiger partial charge in [-0.05, 0) is 37.0 Å². The molecule has 0 heterocycles. The molecule has 0 aromatic rings. The molecule has 0 saturated heterocycles. The molecule has 0 rings (SSSR count). The molecular weight excluding hydrogens is 192 g/mol. The fraction of sp³-hybridized carbons (Fsp3) is 0.750. The molecule has 1 atom stereocenters. The second-order valence-corrected chi connectivity index (χ2v) is 7.23. The van der Waals surface area contributed by atoms with Crippen LogP contribution in [0.4, 0.5) is 0 Å². The molecule has 16 heavy (non-hydrogen) atoms. The van der Waals surface area contributed by atoms with Crippen LogP contribution in [0.2, 0.25) is 0 Å². The van der Waals surface area contributed by atoms with Gasteiger partial charge in [0, 0.05) is 0 Å². The van der Waals surface area contributed by atoms with Crippen LogP contribution in [0.15, 0.2) is 23.8 Å². The minimum absolute atomic E-state index is 0.276. The van der Waals surface area contributed by atoms with Crippen LogP contribution in [0.5, 0.6) is 0 Å². The minimum atomic E-state index is 0.276. The van der Waals surface area contributed by atoms with E-state index in [0.29, 0.717) is 11.3 Å². The summed E-state index contributed by atoms with van der Waals surface area (Å²) in [4.78, 5) is 0. The maximum absolute atomic E-state index is 4.05. The lowest BCUT2D eigenvalue weighted by atomic mass is 9.74. The summed E-state index contributed by atoms with van der Waals surface area (Å²) in [6.45, 7) is 22.2. The van der Waals surface area contributed by atoms with Gasteiger partial charge < -0.3 is 0 Å². The van der Waals surface area contributed by atoms with Crippen LogP contribution in [0, 0.1) is 16.7 Å². The molecule has 0 nitrogen and oxygen atoms in total. The highest BCUT2D eigenvalue weighted by atomic mass is 14.3. The van der Waals surface area contributed by atoms with Crippen molar-refractivity contribution in [2.75, 3.05) is 0 Å². The number of rotatable bonds is 3. The summed E-state index contributed by atoms with van der Waals surface area (Å²) in [7, 11) is 0. The molecule has 0 fully saturated rings. The Morgan fingerprint density at radius 1 is 1.06 bits per heavy atom. The molecule has 1 unspecified atom stereocenters. The first-order valence-corrected chi connectivity index (χ1v) is 6.28. The Morgan fingerprint density at radius 2 is 1.50 bits per heavy atom. The van der Waals surface area contributed by atoms with Crippen molar-refractivity contribution in [3.8, 4) is 0 Å². The Balaban J connectivity index is 5.01. The summed E-state index contributed by atoms with van der Waals surface area (Å²) < 4.78 is 0. The van der Waals surface area contributed by atoms with Crippen LogP contribution in [0.25, 0.3) is 0 Å². The van der Waals surface area contributed by atoms with Crippen molar-refractivity contribution in [2.24, 2.45) is 16.7 Å². The molecule has 0 aromatic carbocycles. The fourth-order valence-corrected chi connectivity index (χ4v) is 1.54. The van der Waals surface area contributed by atoms with Gasteiger partial charge in [0.15, 0.2) is 0 Å². The zero-order valence-electron chi connectivity index (χ0n) is 12.6. The Bertz CT molecular complexity index is 265. The monoisotopic (exact) mass is 222 g/mol. The van der Waals surface area contributed by atoms with Gasteiger partial charge in [-0.3, -0.25) is 0 Å². The average Bonchev–Trinajstić information content (AvgIpc) is 1.98. The van der Waals surface area contributed by atoms with E-state index in [1.807, 2.05) is 0 Å². The quantitative estimate of drug-likeness (QED) is 0.545. The molecule has 94 valence electrons. The van der Waals surface area contributed by atoms with E-state index in [1.165, 1.54) is 11.1 Å². The van der Waals surface area contributed by atoms with Crippen molar-refractivity contribution in [3.05, 3.63) is 23.8 Å². The topological polar surface area (TPSA) is 0 Å². The molecule has 0 aliphatic rings. The third-order valence-corrected chi connectivity index (χ3v) is 3.31. The Hall–Kier alpha value is -0.520. The highest BCUT2D eigenvalue weighted by Gasteiger charge is 2.24. The van der Waals surface area contributed by atoms with E-state index in [1.54, 1.807) is 0 Å². The van der Waals surface area contributed by atoms with Gasteiger partial charge >= 0.3 is 0 Å². The van der Waals surface area contributed by atoms with Crippen molar-refractivity contribution >= 4 is 0 Å². The third kappa shape index (κ3) is 5.53. The zero-order valence-corrected chi connectivity index (χ0v) is 12.6. The van der Waals surface area contributed by atoms with Gasteiger partial charge in [-0.1, -0.05) is 58.8 Å². The predicted octanol–water partition coefficient (Wildman–Crippen LogP) is 5.61. The van der Waals surface area contributed by atoms with Crippen LogP contribution in [0.3, 0.4) is 0 Å². The summed E-state index contributed by atoms with van der Waals surface area (Å²) in [6, 6.07) is 0.